The topological polar surface area (TPSA) is 111 Å². The minimum Gasteiger partial charge on any atom is -0.494 e. The number of methoxy groups -OCH3 is 1. The molecule has 47 heavy (non-hydrogen) atoms. The second-order valence-corrected chi connectivity index (χ2v) is 12.8. The fourth-order valence-electron chi connectivity index (χ4n) is 7.17. The third-order valence-corrected chi connectivity index (χ3v) is 9.84. The van der Waals surface area contributed by atoms with Gasteiger partial charge >= 0.3 is 0 Å². The van der Waals surface area contributed by atoms with Gasteiger partial charge in [-0.15, -0.1) is 0 Å². The van der Waals surface area contributed by atoms with Crippen molar-refractivity contribution in [2.75, 3.05) is 73.6 Å². The van der Waals surface area contributed by atoms with Crippen LogP contribution in [0, 0.1) is 0 Å². The molecule has 1 atom stereocenters. The number of carbonyl (C=O) groups excluding carboxylic acids is 1. The SMILES string of the molecule is C=CC(=O)Nc1cc(Nc2cc(N3OCC[C@H]3Cc3cccnc3)ncn2)c(OC)cc1N1CCC(N2CCN(C3CC3)CC2)CC1. The first-order chi connectivity index (χ1) is 23.1. The largest absolute Gasteiger partial charge is 0.494 e. The van der Waals surface area contributed by atoms with Gasteiger partial charge in [-0.2, -0.15) is 0 Å². The van der Waals surface area contributed by atoms with Crippen molar-refractivity contribution in [3.05, 3.63) is 67.3 Å². The highest BCUT2D eigenvalue weighted by molar-refractivity contribution is 6.02. The number of amides is 1. The number of pyridine rings is 1. The van der Waals surface area contributed by atoms with E-state index in [9.17, 15) is 4.79 Å². The average Bonchev–Trinajstić information content (AvgIpc) is 3.87. The van der Waals surface area contributed by atoms with Crippen LogP contribution in [0.4, 0.5) is 28.7 Å². The highest BCUT2D eigenvalue weighted by Gasteiger charge is 2.34. The third kappa shape index (κ3) is 7.34. The van der Waals surface area contributed by atoms with Crippen LogP contribution in [0.25, 0.3) is 0 Å². The summed E-state index contributed by atoms with van der Waals surface area (Å²) in [5, 5.41) is 8.31. The van der Waals surface area contributed by atoms with Crippen molar-refractivity contribution in [2.24, 2.45) is 0 Å². The van der Waals surface area contributed by atoms with Gasteiger partial charge in [0, 0.05) is 75.9 Å². The molecule has 4 fully saturated rings. The van der Waals surface area contributed by atoms with E-state index in [-0.39, 0.29) is 11.9 Å². The zero-order chi connectivity index (χ0) is 32.2. The van der Waals surface area contributed by atoms with E-state index in [1.807, 2.05) is 35.5 Å². The minimum absolute atomic E-state index is 0.132. The molecule has 1 aliphatic carbocycles. The minimum atomic E-state index is -0.263. The number of hydroxylamine groups is 1. The van der Waals surface area contributed by atoms with Crippen molar-refractivity contribution >= 4 is 34.6 Å². The molecule has 3 aromatic rings. The third-order valence-electron chi connectivity index (χ3n) is 9.84. The average molecular weight is 640 g/mol. The Morgan fingerprint density at radius 2 is 1.77 bits per heavy atom. The molecule has 12 heteroatoms. The van der Waals surface area contributed by atoms with Crippen molar-refractivity contribution in [1.29, 1.82) is 0 Å². The number of aromatic nitrogens is 3. The van der Waals surface area contributed by atoms with E-state index in [4.69, 9.17) is 9.57 Å². The maximum absolute atomic E-state index is 12.6. The number of nitrogens with zero attached hydrogens (tertiary/aromatic N) is 7. The Hall–Kier alpha value is -4.26. The lowest BCUT2D eigenvalue weighted by Crippen LogP contribution is -2.53. The quantitative estimate of drug-likeness (QED) is 0.294. The second kappa shape index (κ2) is 14.2. The van der Waals surface area contributed by atoms with Gasteiger partial charge in [-0.1, -0.05) is 12.6 Å². The number of hydrogen-bond donors (Lipinski definition) is 2. The van der Waals surface area contributed by atoms with E-state index < -0.39 is 0 Å². The van der Waals surface area contributed by atoms with E-state index in [1.165, 1.54) is 38.3 Å². The van der Waals surface area contributed by atoms with E-state index in [0.29, 0.717) is 41.4 Å². The number of rotatable bonds is 11. The van der Waals surface area contributed by atoms with Gasteiger partial charge in [0.15, 0.2) is 5.82 Å². The maximum atomic E-state index is 12.6. The molecule has 0 unspecified atom stereocenters. The Bertz CT molecular complexity index is 1540. The van der Waals surface area contributed by atoms with Gasteiger partial charge in [0.1, 0.15) is 17.9 Å². The molecule has 248 valence electrons. The summed E-state index contributed by atoms with van der Waals surface area (Å²) in [6.45, 7) is 10.8. The number of ether oxygens (including phenoxy) is 1. The lowest BCUT2D eigenvalue weighted by atomic mass is 10.0. The molecule has 7 rings (SSSR count). The van der Waals surface area contributed by atoms with Crippen LogP contribution < -0.4 is 25.3 Å². The van der Waals surface area contributed by atoms with Gasteiger partial charge in [-0.3, -0.25) is 24.4 Å². The van der Waals surface area contributed by atoms with E-state index in [2.05, 4.69) is 52.9 Å². The van der Waals surface area contributed by atoms with E-state index in [1.54, 1.807) is 13.3 Å². The number of carbonyl (C=O) groups is 1. The van der Waals surface area contributed by atoms with Crippen molar-refractivity contribution < 1.29 is 14.4 Å². The molecule has 3 saturated heterocycles. The van der Waals surface area contributed by atoms with Gasteiger partial charge in [-0.05, 0) is 62.3 Å². The fourth-order valence-corrected chi connectivity index (χ4v) is 7.17. The monoisotopic (exact) mass is 639 g/mol. The molecule has 2 aromatic heterocycles. The summed E-state index contributed by atoms with van der Waals surface area (Å²) in [5.74, 6) is 1.64. The Morgan fingerprint density at radius 3 is 2.45 bits per heavy atom. The molecule has 1 saturated carbocycles. The Morgan fingerprint density at radius 1 is 1.00 bits per heavy atom. The first-order valence-electron chi connectivity index (χ1n) is 16.9. The van der Waals surface area contributed by atoms with Crippen molar-refractivity contribution in [1.82, 2.24) is 24.8 Å². The molecule has 2 N–H and O–H groups in total. The molecule has 1 aromatic carbocycles. The van der Waals surface area contributed by atoms with Gasteiger partial charge in [0.25, 0.3) is 0 Å². The van der Waals surface area contributed by atoms with Gasteiger partial charge in [0.2, 0.25) is 5.91 Å². The van der Waals surface area contributed by atoms with Crippen molar-refractivity contribution in [3.8, 4) is 5.75 Å². The highest BCUT2D eigenvalue weighted by Crippen LogP contribution is 2.40. The number of nitrogens with one attached hydrogen (secondary N) is 2. The molecule has 4 aliphatic rings. The summed E-state index contributed by atoms with van der Waals surface area (Å²) in [7, 11) is 1.66. The molecule has 0 radical (unpaired) electrons. The van der Waals surface area contributed by atoms with Crippen LogP contribution in [0.5, 0.6) is 5.75 Å². The van der Waals surface area contributed by atoms with Gasteiger partial charge < -0.3 is 20.3 Å². The zero-order valence-electron chi connectivity index (χ0n) is 27.2. The lowest BCUT2D eigenvalue weighted by Gasteiger charge is -2.43. The summed E-state index contributed by atoms with van der Waals surface area (Å²) < 4.78 is 5.88. The first kappa shape index (κ1) is 31.3. The number of benzene rings is 1. The van der Waals surface area contributed by atoms with Gasteiger partial charge in [-0.25, -0.2) is 15.0 Å². The Labute approximate surface area is 276 Å². The summed E-state index contributed by atoms with van der Waals surface area (Å²) in [5.41, 5.74) is 3.46. The molecule has 0 spiro atoms. The van der Waals surface area contributed by atoms with Crippen molar-refractivity contribution in [2.45, 2.75) is 56.7 Å². The summed E-state index contributed by atoms with van der Waals surface area (Å²) >= 11 is 0. The molecule has 3 aliphatic heterocycles. The summed E-state index contributed by atoms with van der Waals surface area (Å²) in [6.07, 6.45) is 13.1. The molecule has 0 bridgehead atoms. The Kier molecular flexibility index (Phi) is 9.50. The van der Waals surface area contributed by atoms with Crippen LogP contribution in [0.1, 0.15) is 37.7 Å². The van der Waals surface area contributed by atoms with Gasteiger partial charge in [0.05, 0.1) is 36.8 Å². The molecule has 1 amide bonds. The maximum Gasteiger partial charge on any atom is 0.247 e. The Balaban J connectivity index is 1.06. The summed E-state index contributed by atoms with van der Waals surface area (Å²) in [6, 6.07) is 11.4. The van der Waals surface area contributed by atoms with Crippen LogP contribution in [0.2, 0.25) is 0 Å². The molecule has 12 nitrogen and oxygen atoms in total. The predicted octanol–water partition coefficient (Wildman–Crippen LogP) is 4.25. The number of hydrogen-bond acceptors (Lipinski definition) is 11. The summed E-state index contributed by atoms with van der Waals surface area (Å²) in [4.78, 5) is 39.6. The van der Waals surface area contributed by atoms with Crippen LogP contribution in [-0.4, -0.2) is 102 Å². The smallest absolute Gasteiger partial charge is 0.247 e. The standard InChI is InChI=1S/C35H45N9O3/c1-3-35(45)40-29-20-30(39-33-22-34(38-24-37-33)44-28(10-18-47-44)19-25-5-4-11-36-23-25)32(46-2)21-31(29)43-12-8-27(9-13-43)42-16-14-41(15-17-42)26-6-7-26/h3-5,11,20-24,26-28H,1,6-10,12-19H2,2H3,(H,40,45)(H,37,38,39)/t28-/m0/s1. The normalized spacial score (nSPS) is 21.1. The molecular formula is C35H45N9O3. The highest BCUT2D eigenvalue weighted by atomic mass is 16.7. The van der Waals surface area contributed by atoms with Crippen LogP contribution in [-0.2, 0) is 16.1 Å². The van der Waals surface area contributed by atoms with E-state index in [0.717, 1.165) is 69.2 Å². The lowest BCUT2D eigenvalue weighted by molar-refractivity contribution is -0.111. The number of piperidine rings is 1. The van der Waals surface area contributed by atoms with Crippen LogP contribution in [0.3, 0.4) is 0 Å². The first-order valence-corrected chi connectivity index (χ1v) is 16.9. The van der Waals surface area contributed by atoms with Crippen molar-refractivity contribution in [3.63, 3.8) is 0 Å². The fraction of sp³-hybridized carbons (Fsp3) is 0.486. The van der Waals surface area contributed by atoms with Crippen LogP contribution in [0.15, 0.2) is 61.7 Å². The second-order valence-electron chi connectivity index (χ2n) is 12.8. The molecule has 5 heterocycles. The predicted molar refractivity (Wildman–Crippen MR) is 183 cm³/mol. The molecular weight excluding hydrogens is 594 g/mol. The number of anilines is 5. The zero-order valence-corrected chi connectivity index (χ0v) is 27.2. The van der Waals surface area contributed by atoms with E-state index >= 15 is 0 Å². The van der Waals surface area contributed by atoms with Crippen LogP contribution >= 0.6 is 0 Å². The number of piperazine rings is 1.